The summed E-state index contributed by atoms with van der Waals surface area (Å²) in [6.07, 6.45) is 3.76. The monoisotopic (exact) mass is 390 g/mol. The minimum atomic E-state index is -3.17. The molecule has 0 aliphatic rings. The smallest absolute Gasteiger partial charge is 0.175 e. The third-order valence-corrected chi connectivity index (χ3v) is 5.15. The Morgan fingerprint density at radius 1 is 1.04 bits per heavy atom. The summed E-state index contributed by atoms with van der Waals surface area (Å²) in [5.74, 6) is 0.870. The fourth-order valence-corrected chi connectivity index (χ4v) is 3.16. The van der Waals surface area contributed by atoms with Crippen LogP contribution >= 0.6 is 15.9 Å². The molecule has 118 valence electrons. The number of nitrogens with one attached hydrogen (secondary N) is 1. The summed E-state index contributed by atoms with van der Waals surface area (Å²) in [6.45, 7) is 0. The number of aromatic amines is 1. The summed E-state index contributed by atoms with van der Waals surface area (Å²) in [6, 6.07) is 14.9. The molecule has 4 nitrogen and oxygen atoms in total. The summed E-state index contributed by atoms with van der Waals surface area (Å²) in [5, 5.41) is 0. The van der Waals surface area contributed by atoms with E-state index in [9.17, 15) is 8.42 Å². The van der Waals surface area contributed by atoms with Crippen molar-refractivity contribution in [3.05, 3.63) is 70.6 Å². The average molecular weight is 391 g/mol. The molecule has 1 N–H and O–H groups in total. The van der Waals surface area contributed by atoms with E-state index in [-0.39, 0.29) is 0 Å². The molecule has 0 saturated carbocycles. The SMILES string of the molecule is CS(=O)(=O)c1ccc(-c2c[nH]c(Cc3ccc(Br)cc3)n2)cc1. The molecule has 0 fully saturated rings. The molecule has 3 aromatic rings. The lowest BCUT2D eigenvalue weighted by Gasteiger charge is -2.00. The van der Waals surface area contributed by atoms with Crippen molar-refractivity contribution < 1.29 is 8.42 Å². The molecule has 1 aromatic heterocycles. The van der Waals surface area contributed by atoms with E-state index in [0.29, 0.717) is 11.3 Å². The summed E-state index contributed by atoms with van der Waals surface area (Å²) >= 11 is 3.42. The third-order valence-electron chi connectivity index (χ3n) is 3.49. The quantitative estimate of drug-likeness (QED) is 0.735. The van der Waals surface area contributed by atoms with Crippen LogP contribution in [0.15, 0.2) is 64.1 Å². The molecule has 0 amide bonds. The van der Waals surface area contributed by atoms with Crippen molar-refractivity contribution in [2.45, 2.75) is 11.3 Å². The highest BCUT2D eigenvalue weighted by Gasteiger charge is 2.09. The van der Waals surface area contributed by atoms with Crippen LogP contribution in [0, 0.1) is 0 Å². The van der Waals surface area contributed by atoms with Gasteiger partial charge in [0.25, 0.3) is 0 Å². The van der Waals surface area contributed by atoms with Crippen LogP contribution in [0.1, 0.15) is 11.4 Å². The molecule has 2 aromatic carbocycles. The van der Waals surface area contributed by atoms with E-state index in [1.54, 1.807) is 24.3 Å². The first kappa shape index (κ1) is 16.0. The second kappa shape index (κ2) is 6.29. The lowest BCUT2D eigenvalue weighted by Crippen LogP contribution is -1.96. The van der Waals surface area contributed by atoms with Crippen molar-refractivity contribution >= 4 is 25.8 Å². The van der Waals surface area contributed by atoms with Crippen LogP contribution in [0.25, 0.3) is 11.3 Å². The van der Waals surface area contributed by atoms with Gasteiger partial charge in [0.2, 0.25) is 0 Å². The summed E-state index contributed by atoms with van der Waals surface area (Å²) in [4.78, 5) is 8.06. The first-order valence-electron chi connectivity index (χ1n) is 7.01. The molecular weight excluding hydrogens is 376 g/mol. The van der Waals surface area contributed by atoms with Crippen molar-refractivity contribution in [2.75, 3.05) is 6.26 Å². The van der Waals surface area contributed by atoms with Crippen molar-refractivity contribution in [2.24, 2.45) is 0 Å². The Hall–Kier alpha value is -1.92. The first-order valence-corrected chi connectivity index (χ1v) is 9.69. The normalized spacial score (nSPS) is 11.6. The van der Waals surface area contributed by atoms with Crippen LogP contribution in [0.4, 0.5) is 0 Å². The molecule has 0 aliphatic carbocycles. The molecule has 0 atom stereocenters. The maximum absolute atomic E-state index is 11.5. The average Bonchev–Trinajstić information content (AvgIpc) is 2.97. The Morgan fingerprint density at radius 3 is 2.30 bits per heavy atom. The maximum Gasteiger partial charge on any atom is 0.175 e. The van der Waals surface area contributed by atoms with Gasteiger partial charge in [-0.3, -0.25) is 0 Å². The van der Waals surface area contributed by atoms with E-state index in [4.69, 9.17) is 0 Å². The lowest BCUT2D eigenvalue weighted by atomic mass is 10.1. The topological polar surface area (TPSA) is 62.8 Å². The number of hydrogen-bond donors (Lipinski definition) is 1. The number of aromatic nitrogens is 2. The second-order valence-corrected chi connectivity index (χ2v) is 8.26. The van der Waals surface area contributed by atoms with Gasteiger partial charge in [-0.25, -0.2) is 13.4 Å². The van der Waals surface area contributed by atoms with Crippen molar-refractivity contribution in [1.29, 1.82) is 0 Å². The Balaban J connectivity index is 1.80. The molecule has 0 bridgehead atoms. The Kier molecular flexibility index (Phi) is 4.37. The second-order valence-electron chi connectivity index (χ2n) is 5.33. The van der Waals surface area contributed by atoms with E-state index >= 15 is 0 Å². The van der Waals surface area contributed by atoms with Gasteiger partial charge in [-0.1, -0.05) is 40.2 Å². The van der Waals surface area contributed by atoms with E-state index in [2.05, 4.69) is 25.9 Å². The largest absolute Gasteiger partial charge is 0.348 e. The molecular formula is C17H15BrN2O2S. The van der Waals surface area contributed by atoms with Gasteiger partial charge in [0.1, 0.15) is 5.82 Å². The molecule has 0 radical (unpaired) electrons. The van der Waals surface area contributed by atoms with Gasteiger partial charge in [0, 0.05) is 28.9 Å². The Labute approximate surface area is 143 Å². The minimum absolute atomic E-state index is 0.312. The summed E-state index contributed by atoms with van der Waals surface area (Å²) in [7, 11) is -3.17. The molecule has 0 unspecified atom stereocenters. The number of H-pyrrole nitrogens is 1. The summed E-state index contributed by atoms with van der Waals surface area (Å²) < 4.78 is 24.0. The number of halogens is 1. The number of rotatable bonds is 4. The van der Waals surface area contributed by atoms with E-state index < -0.39 is 9.84 Å². The van der Waals surface area contributed by atoms with Gasteiger partial charge in [-0.2, -0.15) is 0 Å². The highest BCUT2D eigenvalue weighted by atomic mass is 79.9. The first-order chi connectivity index (χ1) is 10.9. The van der Waals surface area contributed by atoms with Crippen molar-refractivity contribution in [1.82, 2.24) is 9.97 Å². The molecule has 23 heavy (non-hydrogen) atoms. The molecule has 1 heterocycles. The highest BCUT2D eigenvalue weighted by molar-refractivity contribution is 9.10. The van der Waals surface area contributed by atoms with Crippen LogP contribution in [0.5, 0.6) is 0 Å². The summed E-state index contributed by atoms with van der Waals surface area (Å²) in [5.41, 5.74) is 2.86. The number of imidazole rings is 1. The standard InChI is InChI=1S/C17H15BrN2O2S/c1-23(21,22)15-8-4-13(5-9-15)16-11-19-17(20-16)10-12-2-6-14(18)7-3-12/h2-9,11H,10H2,1H3,(H,19,20). The predicted octanol–water partition coefficient (Wildman–Crippen LogP) is 3.83. The van der Waals surface area contributed by atoms with Crippen LogP contribution in [-0.4, -0.2) is 24.6 Å². The number of sulfone groups is 1. The zero-order valence-electron chi connectivity index (χ0n) is 12.5. The predicted molar refractivity (Wildman–Crippen MR) is 94.1 cm³/mol. The molecule has 0 aliphatic heterocycles. The van der Waals surface area contributed by atoms with Gasteiger partial charge < -0.3 is 4.98 Å². The van der Waals surface area contributed by atoms with Gasteiger partial charge in [0.05, 0.1) is 10.6 Å². The molecule has 0 saturated heterocycles. The number of nitrogens with zero attached hydrogens (tertiary/aromatic N) is 1. The van der Waals surface area contributed by atoms with Crippen molar-refractivity contribution in [3.8, 4) is 11.3 Å². The number of benzene rings is 2. The minimum Gasteiger partial charge on any atom is -0.348 e. The van der Waals surface area contributed by atoms with Crippen molar-refractivity contribution in [3.63, 3.8) is 0 Å². The Bertz CT molecular complexity index is 914. The van der Waals surface area contributed by atoms with Gasteiger partial charge in [-0.15, -0.1) is 0 Å². The fourth-order valence-electron chi connectivity index (χ4n) is 2.27. The molecule has 3 rings (SSSR count). The Morgan fingerprint density at radius 2 is 1.70 bits per heavy atom. The van der Waals surface area contributed by atoms with Gasteiger partial charge >= 0.3 is 0 Å². The number of hydrogen-bond acceptors (Lipinski definition) is 3. The van der Waals surface area contributed by atoms with Crippen LogP contribution in [-0.2, 0) is 16.3 Å². The third kappa shape index (κ3) is 3.89. The molecule has 6 heteroatoms. The highest BCUT2D eigenvalue weighted by Crippen LogP contribution is 2.21. The van der Waals surface area contributed by atoms with Gasteiger partial charge in [0.15, 0.2) is 9.84 Å². The zero-order chi connectivity index (χ0) is 16.4. The van der Waals surface area contributed by atoms with Crippen LogP contribution < -0.4 is 0 Å². The lowest BCUT2D eigenvalue weighted by molar-refractivity contribution is 0.602. The van der Waals surface area contributed by atoms with E-state index in [0.717, 1.165) is 21.6 Å². The van der Waals surface area contributed by atoms with E-state index in [1.165, 1.54) is 11.8 Å². The maximum atomic E-state index is 11.5. The van der Waals surface area contributed by atoms with Crippen LogP contribution in [0.3, 0.4) is 0 Å². The van der Waals surface area contributed by atoms with Gasteiger partial charge in [-0.05, 0) is 29.8 Å². The van der Waals surface area contributed by atoms with E-state index in [1.807, 2.05) is 30.5 Å². The zero-order valence-corrected chi connectivity index (χ0v) is 14.9. The molecule has 0 spiro atoms. The van der Waals surface area contributed by atoms with Crippen LogP contribution in [0.2, 0.25) is 0 Å². The fraction of sp³-hybridized carbons (Fsp3) is 0.118.